The van der Waals surface area contributed by atoms with Crippen molar-refractivity contribution in [2.24, 2.45) is 5.92 Å². The number of benzene rings is 1. The first kappa shape index (κ1) is 11.6. The third-order valence-corrected chi connectivity index (χ3v) is 2.31. The van der Waals surface area contributed by atoms with Crippen LogP contribution < -0.4 is 0 Å². The molecule has 15 heavy (non-hydrogen) atoms. The number of Topliss-reactive ketones (excluding diaryl/α,β-unsaturated/α-hetero) is 2. The largest absolute Gasteiger partial charge is 0.294 e. The summed E-state index contributed by atoms with van der Waals surface area (Å²) in [7, 11) is 0. The van der Waals surface area contributed by atoms with Crippen LogP contribution in [0.5, 0.6) is 0 Å². The molecule has 0 aromatic heterocycles. The summed E-state index contributed by atoms with van der Waals surface area (Å²) in [4.78, 5) is 23.1. The maximum atomic E-state index is 11.7. The molecule has 0 saturated heterocycles. The van der Waals surface area contributed by atoms with Crippen LogP contribution in [0.25, 0.3) is 0 Å². The van der Waals surface area contributed by atoms with Gasteiger partial charge in [0.15, 0.2) is 11.6 Å². The summed E-state index contributed by atoms with van der Waals surface area (Å²) in [5.41, 5.74) is 1.26. The average Bonchev–Trinajstić information content (AvgIpc) is 2.27. The number of ketones is 2. The predicted molar refractivity (Wildman–Crippen MR) is 60.2 cm³/mol. The lowest BCUT2D eigenvalue weighted by Crippen LogP contribution is -2.08. The Morgan fingerprint density at radius 2 is 1.80 bits per heavy atom. The maximum absolute atomic E-state index is 11.7. The van der Waals surface area contributed by atoms with E-state index >= 15 is 0 Å². The van der Waals surface area contributed by atoms with Crippen LogP contribution in [0.1, 0.15) is 47.9 Å². The molecule has 0 fully saturated rings. The van der Waals surface area contributed by atoms with Gasteiger partial charge in [-0.2, -0.15) is 0 Å². The maximum Gasteiger partial charge on any atom is 0.165 e. The van der Waals surface area contributed by atoms with Gasteiger partial charge in [0, 0.05) is 23.5 Å². The molecule has 0 bridgehead atoms. The molecule has 0 aliphatic heterocycles. The number of carbonyl (C=O) groups is 2. The van der Waals surface area contributed by atoms with Gasteiger partial charge in [0.2, 0.25) is 0 Å². The Morgan fingerprint density at radius 3 is 2.33 bits per heavy atom. The van der Waals surface area contributed by atoms with Crippen LogP contribution in [-0.2, 0) is 0 Å². The van der Waals surface area contributed by atoms with Gasteiger partial charge in [-0.15, -0.1) is 0 Å². The summed E-state index contributed by atoms with van der Waals surface area (Å²) >= 11 is 0. The molecule has 1 aromatic carbocycles. The van der Waals surface area contributed by atoms with E-state index in [2.05, 4.69) is 0 Å². The van der Waals surface area contributed by atoms with Crippen molar-refractivity contribution in [3.63, 3.8) is 0 Å². The Morgan fingerprint density at radius 1 is 1.20 bits per heavy atom. The molecule has 0 amide bonds. The molecule has 2 nitrogen and oxygen atoms in total. The molecule has 0 spiro atoms. The zero-order valence-electron chi connectivity index (χ0n) is 9.41. The summed E-state index contributed by atoms with van der Waals surface area (Å²) in [6.45, 7) is 5.53. The van der Waals surface area contributed by atoms with E-state index in [-0.39, 0.29) is 17.5 Å². The fourth-order valence-electron chi connectivity index (χ4n) is 1.38. The van der Waals surface area contributed by atoms with Gasteiger partial charge in [0.25, 0.3) is 0 Å². The molecule has 0 unspecified atom stereocenters. The fourth-order valence-corrected chi connectivity index (χ4v) is 1.38. The summed E-state index contributed by atoms with van der Waals surface area (Å²) in [5, 5.41) is 0. The van der Waals surface area contributed by atoms with Crippen LogP contribution in [0, 0.1) is 5.92 Å². The third-order valence-electron chi connectivity index (χ3n) is 2.31. The average molecular weight is 204 g/mol. The van der Waals surface area contributed by atoms with Gasteiger partial charge in [0.05, 0.1) is 0 Å². The first-order valence-electron chi connectivity index (χ1n) is 5.23. The molecule has 1 rings (SSSR count). The second-order valence-corrected chi connectivity index (χ2v) is 3.88. The molecule has 0 N–H and O–H groups in total. The zero-order valence-corrected chi connectivity index (χ0v) is 9.41. The van der Waals surface area contributed by atoms with E-state index in [9.17, 15) is 9.59 Å². The van der Waals surface area contributed by atoms with Crippen LogP contribution in [0.2, 0.25) is 0 Å². The van der Waals surface area contributed by atoms with Gasteiger partial charge < -0.3 is 0 Å². The third kappa shape index (κ3) is 2.75. The van der Waals surface area contributed by atoms with E-state index < -0.39 is 0 Å². The molecule has 1 aromatic rings. The van der Waals surface area contributed by atoms with Gasteiger partial charge in [-0.3, -0.25) is 9.59 Å². The number of hydrogen-bond acceptors (Lipinski definition) is 2. The van der Waals surface area contributed by atoms with Crippen molar-refractivity contribution in [2.75, 3.05) is 0 Å². The highest BCUT2D eigenvalue weighted by Crippen LogP contribution is 2.12. The number of rotatable bonds is 4. The lowest BCUT2D eigenvalue weighted by molar-refractivity contribution is 0.0939. The van der Waals surface area contributed by atoms with Crippen LogP contribution in [0.15, 0.2) is 24.3 Å². The predicted octanol–water partition coefficient (Wildman–Crippen LogP) is 3.12. The molecular weight excluding hydrogens is 188 g/mol. The highest BCUT2D eigenvalue weighted by molar-refractivity contribution is 6.01. The summed E-state index contributed by atoms with van der Waals surface area (Å²) in [6, 6.07) is 6.96. The summed E-state index contributed by atoms with van der Waals surface area (Å²) < 4.78 is 0. The van der Waals surface area contributed by atoms with Gasteiger partial charge in [-0.1, -0.05) is 39.0 Å². The Bertz CT molecular complexity index is 378. The van der Waals surface area contributed by atoms with Crippen molar-refractivity contribution in [1.29, 1.82) is 0 Å². The van der Waals surface area contributed by atoms with E-state index in [0.717, 1.165) is 0 Å². The minimum absolute atomic E-state index is 0.0306. The Balaban J connectivity index is 3.02. The van der Waals surface area contributed by atoms with Crippen molar-refractivity contribution >= 4 is 11.6 Å². The molecule has 0 aliphatic rings. The molecule has 0 saturated carbocycles. The number of hydrogen-bond donors (Lipinski definition) is 0. The monoisotopic (exact) mass is 204 g/mol. The van der Waals surface area contributed by atoms with E-state index in [1.54, 1.807) is 24.3 Å². The van der Waals surface area contributed by atoms with Crippen molar-refractivity contribution in [3.05, 3.63) is 35.4 Å². The zero-order chi connectivity index (χ0) is 11.4. The lowest BCUT2D eigenvalue weighted by atomic mass is 9.98. The Hall–Kier alpha value is -1.44. The quantitative estimate of drug-likeness (QED) is 0.706. The van der Waals surface area contributed by atoms with E-state index in [0.29, 0.717) is 17.5 Å². The molecule has 0 radical (unpaired) electrons. The Kier molecular flexibility index (Phi) is 3.78. The smallest absolute Gasteiger partial charge is 0.165 e. The van der Waals surface area contributed by atoms with Gasteiger partial charge >= 0.3 is 0 Å². The molecule has 0 heterocycles. The fraction of sp³-hybridized carbons (Fsp3) is 0.385. The number of carbonyl (C=O) groups excluding carboxylic acids is 2. The molecule has 80 valence electrons. The second kappa shape index (κ2) is 4.87. The van der Waals surface area contributed by atoms with Crippen LogP contribution in [-0.4, -0.2) is 11.6 Å². The lowest BCUT2D eigenvalue weighted by Gasteiger charge is -2.05. The highest BCUT2D eigenvalue weighted by atomic mass is 16.1. The molecule has 2 heteroatoms. The van der Waals surface area contributed by atoms with Gasteiger partial charge in [-0.25, -0.2) is 0 Å². The summed E-state index contributed by atoms with van der Waals surface area (Å²) in [6.07, 6.45) is 0.472. The van der Waals surface area contributed by atoms with E-state index in [1.807, 2.05) is 20.8 Å². The topological polar surface area (TPSA) is 34.1 Å². The van der Waals surface area contributed by atoms with Crippen LogP contribution in [0.4, 0.5) is 0 Å². The SMILES string of the molecule is CCC(=O)c1cccc(C(=O)C(C)C)c1. The summed E-state index contributed by atoms with van der Waals surface area (Å²) in [5.74, 6) is 0.131. The van der Waals surface area contributed by atoms with E-state index in [4.69, 9.17) is 0 Å². The standard InChI is InChI=1S/C13H16O2/c1-4-12(14)10-6-5-7-11(8-10)13(15)9(2)3/h5-9H,4H2,1-3H3. The minimum atomic E-state index is -0.0306. The van der Waals surface area contributed by atoms with Crippen LogP contribution in [0.3, 0.4) is 0 Å². The highest BCUT2D eigenvalue weighted by Gasteiger charge is 2.12. The van der Waals surface area contributed by atoms with Crippen molar-refractivity contribution in [2.45, 2.75) is 27.2 Å². The first-order chi connectivity index (χ1) is 7.06. The molecule has 0 atom stereocenters. The van der Waals surface area contributed by atoms with Crippen molar-refractivity contribution < 1.29 is 9.59 Å². The molecular formula is C13H16O2. The normalized spacial score (nSPS) is 10.4. The van der Waals surface area contributed by atoms with Crippen LogP contribution >= 0.6 is 0 Å². The molecule has 0 aliphatic carbocycles. The Labute approximate surface area is 90.3 Å². The van der Waals surface area contributed by atoms with E-state index in [1.165, 1.54) is 0 Å². The minimum Gasteiger partial charge on any atom is -0.294 e. The second-order valence-electron chi connectivity index (χ2n) is 3.88. The van der Waals surface area contributed by atoms with Crippen molar-refractivity contribution in [3.8, 4) is 0 Å². The van der Waals surface area contributed by atoms with Gasteiger partial charge in [0.1, 0.15) is 0 Å². The van der Waals surface area contributed by atoms with Crippen molar-refractivity contribution in [1.82, 2.24) is 0 Å². The van der Waals surface area contributed by atoms with Gasteiger partial charge in [-0.05, 0) is 6.07 Å². The first-order valence-corrected chi connectivity index (χ1v) is 5.23.